The Kier molecular flexibility index (Phi) is 5.16. The van der Waals surface area contributed by atoms with Crippen molar-refractivity contribution in [3.05, 3.63) is 29.6 Å². The number of benzene rings is 1. The quantitative estimate of drug-likeness (QED) is 0.910. The monoisotopic (exact) mass is 266 g/mol. The Labute approximate surface area is 114 Å². The molecule has 19 heavy (non-hydrogen) atoms. The molecule has 106 valence electrons. The first-order chi connectivity index (χ1) is 9.26. The van der Waals surface area contributed by atoms with Crippen molar-refractivity contribution in [1.29, 1.82) is 0 Å². The molecule has 1 unspecified atom stereocenters. The minimum atomic E-state index is -0.245. The zero-order valence-corrected chi connectivity index (χ0v) is 11.6. The highest BCUT2D eigenvalue weighted by Gasteiger charge is 2.21. The Morgan fingerprint density at radius 3 is 2.95 bits per heavy atom. The number of rotatable bonds is 4. The first kappa shape index (κ1) is 14.3. The van der Waals surface area contributed by atoms with E-state index < -0.39 is 0 Å². The highest BCUT2D eigenvalue weighted by atomic mass is 19.1. The topological polar surface area (TPSA) is 38.5 Å². The van der Waals surface area contributed by atoms with Crippen molar-refractivity contribution in [3.8, 4) is 5.75 Å². The lowest BCUT2D eigenvalue weighted by Crippen LogP contribution is -2.39. The van der Waals surface area contributed by atoms with Crippen LogP contribution in [-0.2, 0) is 6.54 Å². The van der Waals surface area contributed by atoms with Crippen LogP contribution in [0.3, 0.4) is 0 Å². The Hall–Kier alpha value is -1.13. The third kappa shape index (κ3) is 3.45. The summed E-state index contributed by atoms with van der Waals surface area (Å²) >= 11 is 0. The van der Waals surface area contributed by atoms with Crippen molar-refractivity contribution in [2.45, 2.75) is 38.3 Å². The second-order valence-corrected chi connectivity index (χ2v) is 5.14. The molecule has 1 atom stereocenters. The molecule has 3 nitrogen and oxygen atoms in total. The summed E-state index contributed by atoms with van der Waals surface area (Å²) in [5, 5.41) is 0. The summed E-state index contributed by atoms with van der Waals surface area (Å²) in [4.78, 5) is 2.31. The second kappa shape index (κ2) is 6.87. The van der Waals surface area contributed by atoms with E-state index in [2.05, 4.69) is 4.90 Å². The van der Waals surface area contributed by atoms with E-state index in [1.54, 1.807) is 6.07 Å². The Morgan fingerprint density at radius 2 is 2.21 bits per heavy atom. The van der Waals surface area contributed by atoms with Crippen LogP contribution in [-0.4, -0.2) is 31.1 Å². The lowest BCUT2D eigenvalue weighted by atomic mass is 10.1. The summed E-state index contributed by atoms with van der Waals surface area (Å²) in [6, 6.07) is 5.69. The van der Waals surface area contributed by atoms with Gasteiger partial charge in [0.25, 0.3) is 0 Å². The molecule has 0 bridgehead atoms. The van der Waals surface area contributed by atoms with Crippen LogP contribution in [0.1, 0.15) is 31.2 Å². The fraction of sp³-hybridized carbons (Fsp3) is 0.600. The van der Waals surface area contributed by atoms with Gasteiger partial charge in [0.15, 0.2) is 11.6 Å². The van der Waals surface area contributed by atoms with Crippen LogP contribution in [0.5, 0.6) is 5.75 Å². The molecule has 0 saturated carbocycles. The smallest absolute Gasteiger partial charge is 0.169 e. The minimum Gasteiger partial charge on any atom is -0.494 e. The fourth-order valence-electron chi connectivity index (χ4n) is 2.77. The van der Waals surface area contributed by atoms with Gasteiger partial charge in [-0.25, -0.2) is 4.39 Å². The van der Waals surface area contributed by atoms with Gasteiger partial charge in [-0.05, 0) is 25.5 Å². The highest BCUT2D eigenvalue weighted by molar-refractivity contribution is 5.31. The second-order valence-electron chi connectivity index (χ2n) is 5.14. The first-order valence-electron chi connectivity index (χ1n) is 7.01. The van der Waals surface area contributed by atoms with E-state index in [9.17, 15) is 4.39 Å². The van der Waals surface area contributed by atoms with Gasteiger partial charge in [0.05, 0.1) is 7.11 Å². The van der Waals surface area contributed by atoms with Crippen molar-refractivity contribution in [2.75, 3.05) is 20.2 Å². The molecule has 2 N–H and O–H groups in total. The number of hydrogen-bond acceptors (Lipinski definition) is 3. The molecule has 0 aliphatic carbocycles. The predicted octanol–water partition coefficient (Wildman–Crippen LogP) is 2.54. The first-order valence-corrected chi connectivity index (χ1v) is 7.01. The molecular formula is C15H23FN2O. The van der Waals surface area contributed by atoms with Gasteiger partial charge >= 0.3 is 0 Å². The number of halogens is 1. The van der Waals surface area contributed by atoms with Crippen LogP contribution in [0.15, 0.2) is 18.2 Å². The average Bonchev–Trinajstić information content (AvgIpc) is 2.66. The molecule has 0 amide bonds. The summed E-state index contributed by atoms with van der Waals surface area (Å²) in [6.45, 7) is 2.26. The maximum Gasteiger partial charge on any atom is 0.169 e. The number of likely N-dealkylation sites (tertiary alicyclic amines) is 1. The zero-order valence-electron chi connectivity index (χ0n) is 11.6. The van der Waals surface area contributed by atoms with Crippen molar-refractivity contribution < 1.29 is 9.13 Å². The van der Waals surface area contributed by atoms with E-state index >= 15 is 0 Å². The lowest BCUT2D eigenvalue weighted by molar-refractivity contribution is 0.193. The number of nitrogens with zero attached hydrogens (tertiary/aromatic N) is 1. The van der Waals surface area contributed by atoms with Gasteiger partial charge < -0.3 is 10.5 Å². The Bertz CT molecular complexity index is 411. The minimum absolute atomic E-state index is 0.245. The van der Waals surface area contributed by atoms with Gasteiger partial charge in [-0.3, -0.25) is 4.90 Å². The summed E-state index contributed by atoms with van der Waals surface area (Å²) in [5.41, 5.74) is 6.54. The summed E-state index contributed by atoms with van der Waals surface area (Å²) < 4.78 is 19.2. The predicted molar refractivity (Wildman–Crippen MR) is 74.7 cm³/mol. The van der Waals surface area contributed by atoms with Gasteiger partial charge in [0, 0.05) is 24.7 Å². The molecule has 1 aromatic rings. The van der Waals surface area contributed by atoms with Crippen molar-refractivity contribution in [3.63, 3.8) is 0 Å². The van der Waals surface area contributed by atoms with Crippen LogP contribution < -0.4 is 10.5 Å². The number of ether oxygens (including phenoxy) is 1. The maximum atomic E-state index is 14.2. The van der Waals surface area contributed by atoms with Gasteiger partial charge in [0.2, 0.25) is 0 Å². The highest BCUT2D eigenvalue weighted by Crippen LogP contribution is 2.24. The summed E-state index contributed by atoms with van der Waals surface area (Å²) in [7, 11) is 1.50. The third-order valence-corrected chi connectivity index (χ3v) is 3.91. The van der Waals surface area contributed by atoms with Crippen molar-refractivity contribution in [2.24, 2.45) is 5.73 Å². The zero-order chi connectivity index (χ0) is 13.7. The third-order valence-electron chi connectivity index (χ3n) is 3.91. The van der Waals surface area contributed by atoms with E-state index in [1.165, 1.54) is 26.4 Å². The molecule has 0 radical (unpaired) electrons. The van der Waals surface area contributed by atoms with Crippen molar-refractivity contribution in [1.82, 2.24) is 4.90 Å². The normalized spacial score (nSPS) is 21.1. The van der Waals surface area contributed by atoms with Gasteiger partial charge in [-0.15, -0.1) is 0 Å². The van der Waals surface area contributed by atoms with Crippen LogP contribution >= 0.6 is 0 Å². The molecule has 1 aliphatic rings. The van der Waals surface area contributed by atoms with E-state index in [0.29, 0.717) is 30.4 Å². The number of methoxy groups -OCH3 is 1. The van der Waals surface area contributed by atoms with Crippen LogP contribution in [0.2, 0.25) is 0 Å². The molecule has 1 saturated heterocycles. The lowest BCUT2D eigenvalue weighted by Gasteiger charge is -2.29. The molecule has 1 heterocycles. The maximum absolute atomic E-state index is 14.2. The SMILES string of the molecule is COc1cccc(CN2CCCCCC2CN)c1F. The number of nitrogens with two attached hydrogens (primary N) is 1. The molecule has 1 fully saturated rings. The van der Waals surface area contributed by atoms with E-state index in [0.717, 1.165) is 13.0 Å². The molecule has 2 rings (SSSR count). The fourth-order valence-corrected chi connectivity index (χ4v) is 2.77. The standard InChI is InChI=1S/C15H23FN2O/c1-19-14-8-5-6-12(15(14)16)11-18-9-4-2-3-7-13(18)10-17/h5-6,8,13H,2-4,7,9-11,17H2,1H3. The van der Waals surface area contributed by atoms with E-state index in [4.69, 9.17) is 10.5 Å². The van der Waals surface area contributed by atoms with Crippen LogP contribution in [0.4, 0.5) is 4.39 Å². The molecule has 1 aliphatic heterocycles. The molecule has 1 aromatic carbocycles. The average molecular weight is 266 g/mol. The molecular weight excluding hydrogens is 243 g/mol. The van der Waals surface area contributed by atoms with Crippen LogP contribution in [0.25, 0.3) is 0 Å². The van der Waals surface area contributed by atoms with Gasteiger partial charge in [-0.2, -0.15) is 0 Å². The summed E-state index contributed by atoms with van der Waals surface area (Å²) in [5.74, 6) is 0.0710. The van der Waals surface area contributed by atoms with E-state index in [-0.39, 0.29) is 5.82 Å². The summed E-state index contributed by atoms with van der Waals surface area (Å²) in [6.07, 6.45) is 4.75. The molecule has 0 aromatic heterocycles. The largest absolute Gasteiger partial charge is 0.494 e. The van der Waals surface area contributed by atoms with Gasteiger partial charge in [0.1, 0.15) is 0 Å². The number of hydrogen-bond donors (Lipinski definition) is 1. The van der Waals surface area contributed by atoms with E-state index in [1.807, 2.05) is 12.1 Å². The molecule has 0 spiro atoms. The van der Waals surface area contributed by atoms with Crippen LogP contribution in [0, 0.1) is 5.82 Å². The van der Waals surface area contributed by atoms with Crippen molar-refractivity contribution >= 4 is 0 Å². The Morgan fingerprint density at radius 1 is 1.37 bits per heavy atom. The molecule has 4 heteroatoms. The Balaban J connectivity index is 2.14. The van der Waals surface area contributed by atoms with Gasteiger partial charge in [-0.1, -0.05) is 25.0 Å².